The summed E-state index contributed by atoms with van der Waals surface area (Å²) in [6.45, 7) is 1.57. The average molecular weight is 382 g/mol. The Kier molecular flexibility index (Phi) is 5.45. The molecule has 4 rings (SSSR count). The van der Waals surface area contributed by atoms with Crippen LogP contribution in [0.3, 0.4) is 0 Å². The zero-order valence-electron chi connectivity index (χ0n) is 16.2. The van der Waals surface area contributed by atoms with Gasteiger partial charge in [0, 0.05) is 43.5 Å². The lowest BCUT2D eigenvalue weighted by Crippen LogP contribution is -2.49. The van der Waals surface area contributed by atoms with Gasteiger partial charge in [0.2, 0.25) is 0 Å². The highest BCUT2D eigenvalue weighted by Crippen LogP contribution is 2.34. The van der Waals surface area contributed by atoms with Crippen LogP contribution >= 0.6 is 0 Å². The van der Waals surface area contributed by atoms with E-state index in [1.807, 2.05) is 17.3 Å². The summed E-state index contributed by atoms with van der Waals surface area (Å²) in [5.74, 6) is 1.49. The van der Waals surface area contributed by atoms with Gasteiger partial charge >= 0.3 is 0 Å². The van der Waals surface area contributed by atoms with E-state index < -0.39 is 0 Å². The van der Waals surface area contributed by atoms with Crippen molar-refractivity contribution in [3.05, 3.63) is 53.9 Å². The fraction of sp³-hybridized carbons (Fsp3) is 0.429. The number of nitrogens with zero attached hydrogens (tertiary/aromatic N) is 2. The minimum atomic E-state index is -0.0135. The maximum absolute atomic E-state index is 13.4. The van der Waals surface area contributed by atoms with Gasteiger partial charge in [0.15, 0.2) is 0 Å². The smallest absolute Gasteiger partial charge is 0.258 e. The second-order valence-electron chi connectivity index (χ2n) is 7.21. The molecular formula is C21H26N4O3. The topological polar surface area (TPSA) is 75.7 Å². The number of likely N-dealkylation sites (tertiary alicyclic amines) is 1. The molecule has 2 saturated heterocycles. The SMILES string of the molecule is COc1ccc(OC)c(C(=O)N2CCCC2C2NNCC2c2ccncc2)c1. The molecule has 7 heteroatoms. The Bertz CT molecular complexity index is 830. The van der Waals surface area contributed by atoms with Crippen molar-refractivity contribution in [3.63, 3.8) is 0 Å². The molecule has 28 heavy (non-hydrogen) atoms. The van der Waals surface area contributed by atoms with Crippen LogP contribution < -0.4 is 20.3 Å². The molecule has 2 fully saturated rings. The number of pyridine rings is 1. The zero-order valence-corrected chi connectivity index (χ0v) is 16.2. The number of amides is 1. The summed E-state index contributed by atoms with van der Waals surface area (Å²) in [5, 5.41) is 0. The predicted molar refractivity (Wildman–Crippen MR) is 106 cm³/mol. The van der Waals surface area contributed by atoms with E-state index in [9.17, 15) is 4.79 Å². The standard InChI is InChI=1S/C21H26N4O3/c1-27-15-5-6-19(28-2)16(12-15)21(26)25-11-3-4-18(25)20-17(13-23-24-20)14-7-9-22-10-8-14/h5-10,12,17-18,20,23-24H,3-4,11,13H2,1-2H3. The summed E-state index contributed by atoms with van der Waals surface area (Å²) < 4.78 is 10.8. The highest BCUT2D eigenvalue weighted by Gasteiger charge is 2.42. The van der Waals surface area contributed by atoms with Gasteiger partial charge in [-0.1, -0.05) is 0 Å². The number of nitrogens with one attached hydrogen (secondary N) is 2. The van der Waals surface area contributed by atoms with E-state index in [-0.39, 0.29) is 23.9 Å². The number of hydrogen-bond acceptors (Lipinski definition) is 6. The summed E-state index contributed by atoms with van der Waals surface area (Å²) in [5.41, 5.74) is 8.47. The highest BCUT2D eigenvalue weighted by atomic mass is 16.5. The van der Waals surface area contributed by atoms with Gasteiger partial charge in [0.05, 0.1) is 19.8 Å². The minimum absolute atomic E-state index is 0.0135. The number of rotatable bonds is 5. The average Bonchev–Trinajstić information content (AvgIpc) is 3.42. The number of hydrazine groups is 1. The van der Waals surface area contributed by atoms with Crippen LogP contribution in [0.4, 0.5) is 0 Å². The third-order valence-electron chi connectivity index (χ3n) is 5.77. The van der Waals surface area contributed by atoms with Crippen molar-refractivity contribution in [1.82, 2.24) is 20.7 Å². The molecule has 0 radical (unpaired) electrons. The Morgan fingerprint density at radius 2 is 2.00 bits per heavy atom. The lowest BCUT2D eigenvalue weighted by Gasteiger charge is -2.32. The molecule has 0 spiro atoms. The van der Waals surface area contributed by atoms with Crippen LogP contribution in [0.15, 0.2) is 42.7 Å². The summed E-state index contributed by atoms with van der Waals surface area (Å²) in [4.78, 5) is 19.5. The van der Waals surface area contributed by atoms with Crippen molar-refractivity contribution in [3.8, 4) is 11.5 Å². The molecule has 0 bridgehead atoms. The van der Waals surface area contributed by atoms with E-state index in [1.165, 1.54) is 5.56 Å². The molecule has 0 saturated carbocycles. The first kappa shape index (κ1) is 18.7. The number of hydrogen-bond donors (Lipinski definition) is 2. The van der Waals surface area contributed by atoms with Crippen molar-refractivity contribution in [2.24, 2.45) is 0 Å². The molecule has 2 aromatic rings. The fourth-order valence-corrected chi connectivity index (χ4v) is 4.37. The van der Waals surface area contributed by atoms with Crippen LogP contribution in [0.2, 0.25) is 0 Å². The molecule has 3 heterocycles. The van der Waals surface area contributed by atoms with Crippen LogP contribution in [0.5, 0.6) is 11.5 Å². The van der Waals surface area contributed by atoms with Crippen LogP contribution in [-0.4, -0.2) is 55.2 Å². The van der Waals surface area contributed by atoms with E-state index in [2.05, 4.69) is 28.0 Å². The molecule has 148 valence electrons. The quantitative estimate of drug-likeness (QED) is 0.824. The summed E-state index contributed by atoms with van der Waals surface area (Å²) in [6, 6.07) is 9.71. The molecule has 3 unspecified atom stereocenters. The van der Waals surface area contributed by atoms with Crippen molar-refractivity contribution in [2.45, 2.75) is 30.8 Å². The van der Waals surface area contributed by atoms with Gasteiger partial charge in [-0.3, -0.25) is 20.6 Å². The first-order chi connectivity index (χ1) is 13.7. The maximum atomic E-state index is 13.4. The largest absolute Gasteiger partial charge is 0.497 e. The Balaban J connectivity index is 1.61. The van der Waals surface area contributed by atoms with Crippen molar-refractivity contribution in [1.29, 1.82) is 0 Å². The Hall–Kier alpha value is -2.64. The molecule has 2 N–H and O–H groups in total. The van der Waals surface area contributed by atoms with Gasteiger partial charge in [0.1, 0.15) is 11.5 Å². The first-order valence-electron chi connectivity index (χ1n) is 9.64. The normalized spacial score (nSPS) is 24.4. The summed E-state index contributed by atoms with van der Waals surface area (Å²) in [6.07, 6.45) is 5.61. The molecule has 0 aliphatic carbocycles. The fourth-order valence-electron chi connectivity index (χ4n) is 4.37. The molecule has 1 aromatic carbocycles. The minimum Gasteiger partial charge on any atom is -0.497 e. The number of ether oxygens (including phenoxy) is 2. The van der Waals surface area contributed by atoms with Gasteiger partial charge in [-0.15, -0.1) is 0 Å². The van der Waals surface area contributed by atoms with Crippen molar-refractivity contribution < 1.29 is 14.3 Å². The third kappa shape index (κ3) is 3.43. The molecular weight excluding hydrogens is 356 g/mol. The van der Waals surface area contributed by atoms with Crippen LogP contribution in [0.25, 0.3) is 0 Å². The van der Waals surface area contributed by atoms with E-state index >= 15 is 0 Å². The van der Waals surface area contributed by atoms with Gasteiger partial charge in [0.25, 0.3) is 5.91 Å². The molecule has 1 amide bonds. The number of benzene rings is 1. The van der Waals surface area contributed by atoms with E-state index in [1.54, 1.807) is 32.4 Å². The van der Waals surface area contributed by atoms with Gasteiger partial charge < -0.3 is 14.4 Å². The Morgan fingerprint density at radius 3 is 2.75 bits per heavy atom. The molecule has 3 atom stereocenters. The zero-order chi connectivity index (χ0) is 19.5. The number of aromatic nitrogens is 1. The first-order valence-corrected chi connectivity index (χ1v) is 9.64. The van der Waals surface area contributed by atoms with Crippen LogP contribution in [-0.2, 0) is 0 Å². The van der Waals surface area contributed by atoms with Gasteiger partial charge in [-0.25, -0.2) is 0 Å². The highest BCUT2D eigenvalue weighted by molar-refractivity contribution is 5.97. The Labute approximate surface area is 165 Å². The lowest BCUT2D eigenvalue weighted by atomic mass is 9.88. The second kappa shape index (κ2) is 8.16. The summed E-state index contributed by atoms with van der Waals surface area (Å²) in [7, 11) is 3.18. The van der Waals surface area contributed by atoms with E-state index in [0.717, 1.165) is 25.9 Å². The van der Waals surface area contributed by atoms with Crippen LogP contribution in [0.1, 0.15) is 34.7 Å². The Morgan fingerprint density at radius 1 is 1.18 bits per heavy atom. The predicted octanol–water partition coefficient (Wildman–Crippen LogP) is 1.96. The number of carbonyl (C=O) groups is 1. The van der Waals surface area contributed by atoms with E-state index in [0.29, 0.717) is 17.1 Å². The third-order valence-corrected chi connectivity index (χ3v) is 5.77. The van der Waals surface area contributed by atoms with Crippen molar-refractivity contribution in [2.75, 3.05) is 27.3 Å². The molecule has 7 nitrogen and oxygen atoms in total. The molecule has 1 aromatic heterocycles. The second-order valence-corrected chi connectivity index (χ2v) is 7.21. The molecule has 2 aliphatic heterocycles. The number of carbonyl (C=O) groups excluding carboxylic acids is 1. The van der Waals surface area contributed by atoms with Gasteiger partial charge in [-0.05, 0) is 48.7 Å². The maximum Gasteiger partial charge on any atom is 0.258 e. The summed E-state index contributed by atoms with van der Waals surface area (Å²) >= 11 is 0. The van der Waals surface area contributed by atoms with E-state index in [4.69, 9.17) is 9.47 Å². The van der Waals surface area contributed by atoms with Gasteiger partial charge in [-0.2, -0.15) is 0 Å². The van der Waals surface area contributed by atoms with Crippen molar-refractivity contribution >= 4 is 5.91 Å². The number of methoxy groups -OCH3 is 2. The monoisotopic (exact) mass is 382 g/mol. The van der Waals surface area contributed by atoms with Crippen LogP contribution in [0, 0.1) is 0 Å². The lowest BCUT2D eigenvalue weighted by molar-refractivity contribution is 0.0701. The molecule has 2 aliphatic rings.